The Morgan fingerprint density at radius 3 is 2.18 bits per heavy atom. The molecule has 0 aliphatic carbocycles. The van der Waals surface area contributed by atoms with Crippen molar-refractivity contribution in [2.45, 2.75) is 19.4 Å². The highest BCUT2D eigenvalue weighted by molar-refractivity contribution is 7.89. The Kier molecular flexibility index (Phi) is 9.70. The molecular formula is C20H23ClN4O7S. The van der Waals surface area contributed by atoms with Crippen LogP contribution in [-0.2, 0) is 26.2 Å². The van der Waals surface area contributed by atoms with Crippen molar-refractivity contribution in [1.82, 2.24) is 19.2 Å². The van der Waals surface area contributed by atoms with E-state index in [1.165, 1.54) is 15.4 Å². The third-order valence-corrected chi connectivity index (χ3v) is 6.81. The van der Waals surface area contributed by atoms with Crippen LogP contribution in [0.4, 0.5) is 0 Å². The second-order valence-corrected chi connectivity index (χ2v) is 9.40. The maximum Gasteiger partial charge on any atom is 0.414 e. The number of aromatic nitrogens is 2. The molecule has 33 heavy (non-hydrogen) atoms. The number of carboxylic acids is 2. The minimum Gasteiger partial charge on any atom is -0.473 e. The topological polar surface area (TPSA) is 158 Å². The molecule has 13 heteroatoms. The van der Waals surface area contributed by atoms with Crippen molar-refractivity contribution in [2.24, 2.45) is 0 Å². The number of nitrogens with zero attached hydrogens (tertiary/aromatic N) is 4. The Bertz CT molecular complexity index is 1060. The third kappa shape index (κ3) is 8.08. The Labute approximate surface area is 195 Å². The van der Waals surface area contributed by atoms with Gasteiger partial charge in [-0.1, -0.05) is 11.6 Å². The first-order chi connectivity index (χ1) is 15.6. The summed E-state index contributed by atoms with van der Waals surface area (Å²) in [6.07, 6.45) is 6.53. The maximum atomic E-state index is 13.0. The lowest BCUT2D eigenvalue weighted by Gasteiger charge is -2.24. The number of hydrogen-bond acceptors (Lipinski definition) is 7. The van der Waals surface area contributed by atoms with E-state index in [1.807, 2.05) is 0 Å². The van der Waals surface area contributed by atoms with Gasteiger partial charge in [-0.2, -0.15) is 0 Å². The zero-order chi connectivity index (χ0) is 24.4. The van der Waals surface area contributed by atoms with Crippen molar-refractivity contribution in [3.63, 3.8) is 0 Å². The van der Waals surface area contributed by atoms with E-state index >= 15 is 0 Å². The number of aliphatic carboxylic acids is 2. The summed E-state index contributed by atoms with van der Waals surface area (Å²) in [4.78, 5) is 40.6. The van der Waals surface area contributed by atoms with Crippen molar-refractivity contribution in [3.05, 3.63) is 59.1 Å². The number of sulfonamides is 1. The van der Waals surface area contributed by atoms with E-state index in [9.17, 15) is 13.2 Å². The minimum atomic E-state index is -3.39. The lowest BCUT2D eigenvalue weighted by molar-refractivity contribution is -0.159. The molecule has 0 saturated carbocycles. The van der Waals surface area contributed by atoms with Gasteiger partial charge in [0, 0.05) is 44.8 Å². The van der Waals surface area contributed by atoms with Crippen molar-refractivity contribution in [3.8, 4) is 0 Å². The highest BCUT2D eigenvalue weighted by Crippen LogP contribution is 2.18. The predicted molar refractivity (Wildman–Crippen MR) is 118 cm³/mol. The molecule has 0 bridgehead atoms. The van der Waals surface area contributed by atoms with E-state index < -0.39 is 22.0 Å². The fourth-order valence-electron chi connectivity index (χ4n) is 3.00. The number of carbonyl (C=O) groups excluding carboxylic acids is 1. The van der Waals surface area contributed by atoms with Crippen molar-refractivity contribution in [2.75, 3.05) is 25.4 Å². The van der Waals surface area contributed by atoms with Gasteiger partial charge in [-0.15, -0.1) is 0 Å². The molecule has 3 heterocycles. The van der Waals surface area contributed by atoms with Crippen molar-refractivity contribution in [1.29, 1.82) is 0 Å². The molecule has 2 aromatic rings. The van der Waals surface area contributed by atoms with Crippen LogP contribution in [0.5, 0.6) is 0 Å². The molecule has 1 fully saturated rings. The van der Waals surface area contributed by atoms with Gasteiger partial charge in [0.15, 0.2) is 0 Å². The van der Waals surface area contributed by atoms with Gasteiger partial charge in [-0.3, -0.25) is 9.78 Å². The normalized spacial score (nSPS) is 13.6. The van der Waals surface area contributed by atoms with Gasteiger partial charge >= 0.3 is 11.9 Å². The summed E-state index contributed by atoms with van der Waals surface area (Å²) < 4.78 is 26.6. The summed E-state index contributed by atoms with van der Waals surface area (Å²) in [5.41, 5.74) is 1.11. The van der Waals surface area contributed by atoms with Gasteiger partial charge < -0.3 is 15.1 Å². The third-order valence-electron chi connectivity index (χ3n) is 4.66. The number of halogens is 1. The summed E-state index contributed by atoms with van der Waals surface area (Å²) in [6.45, 7) is 1.44. The molecule has 0 unspecified atom stereocenters. The molecule has 1 aliphatic heterocycles. The largest absolute Gasteiger partial charge is 0.473 e. The second-order valence-electron chi connectivity index (χ2n) is 6.96. The zero-order valence-electron chi connectivity index (χ0n) is 17.5. The van der Waals surface area contributed by atoms with Crippen LogP contribution in [0.2, 0.25) is 5.15 Å². The van der Waals surface area contributed by atoms with Gasteiger partial charge in [-0.25, -0.2) is 27.3 Å². The lowest BCUT2D eigenvalue weighted by atomic mass is 10.2. The molecule has 0 aromatic carbocycles. The number of hydrogen-bond donors (Lipinski definition) is 2. The number of amides is 1. The number of carboxylic acid groups (broad SMARTS) is 2. The summed E-state index contributed by atoms with van der Waals surface area (Å²) in [6, 6.07) is 6.80. The smallest absolute Gasteiger partial charge is 0.414 e. The molecule has 1 amide bonds. The van der Waals surface area contributed by atoms with Crippen LogP contribution in [-0.4, -0.2) is 81.0 Å². The van der Waals surface area contributed by atoms with Crippen LogP contribution in [0.25, 0.3) is 0 Å². The summed E-state index contributed by atoms with van der Waals surface area (Å²) in [5, 5.41) is 14.9. The van der Waals surface area contributed by atoms with Crippen LogP contribution in [0.3, 0.4) is 0 Å². The Morgan fingerprint density at radius 1 is 1.03 bits per heavy atom. The van der Waals surface area contributed by atoms with E-state index in [-0.39, 0.29) is 35.5 Å². The molecule has 1 saturated heterocycles. The van der Waals surface area contributed by atoms with Crippen LogP contribution >= 0.6 is 11.6 Å². The highest BCUT2D eigenvalue weighted by Gasteiger charge is 2.27. The second kappa shape index (κ2) is 12.2. The average Bonchev–Trinajstić information content (AvgIpc) is 3.34. The quantitative estimate of drug-likeness (QED) is 0.424. The Morgan fingerprint density at radius 2 is 1.64 bits per heavy atom. The molecular weight excluding hydrogens is 476 g/mol. The Balaban J connectivity index is 0.000000569. The molecule has 0 atom stereocenters. The molecule has 3 rings (SSSR count). The predicted octanol–water partition coefficient (Wildman–Crippen LogP) is 1.35. The van der Waals surface area contributed by atoms with E-state index in [4.69, 9.17) is 31.4 Å². The van der Waals surface area contributed by atoms with E-state index in [2.05, 4.69) is 9.97 Å². The van der Waals surface area contributed by atoms with E-state index in [0.717, 1.165) is 18.4 Å². The lowest BCUT2D eigenvalue weighted by Crippen LogP contribution is -2.39. The van der Waals surface area contributed by atoms with E-state index in [0.29, 0.717) is 13.1 Å². The van der Waals surface area contributed by atoms with Gasteiger partial charge in [0.2, 0.25) is 10.0 Å². The van der Waals surface area contributed by atoms with Crippen LogP contribution < -0.4 is 0 Å². The molecule has 178 valence electrons. The standard InChI is InChI=1S/C18H21ClN4O3S.C2H2O4/c19-17-16(4-3-7-21-17)18(24)22(14-15-5-8-20-9-6-15)12-13-27(25,26)23-10-1-2-11-23;3-1(4)2(5)6/h3-9H,1-2,10-14H2;(H,3,4)(H,5,6). The van der Waals surface area contributed by atoms with Gasteiger partial charge in [0.25, 0.3) is 5.91 Å². The fraction of sp³-hybridized carbons (Fsp3) is 0.350. The monoisotopic (exact) mass is 498 g/mol. The molecule has 2 N–H and O–H groups in total. The first-order valence-corrected chi connectivity index (χ1v) is 11.8. The summed E-state index contributed by atoms with van der Waals surface area (Å²) >= 11 is 6.06. The van der Waals surface area contributed by atoms with Gasteiger partial charge in [0.1, 0.15) is 5.15 Å². The number of carbonyl (C=O) groups is 3. The average molecular weight is 499 g/mol. The number of rotatable bonds is 7. The van der Waals surface area contributed by atoms with Gasteiger partial charge in [-0.05, 0) is 42.7 Å². The summed E-state index contributed by atoms with van der Waals surface area (Å²) in [5.74, 6) is -4.12. The van der Waals surface area contributed by atoms with E-state index in [1.54, 1.807) is 36.7 Å². The first-order valence-electron chi connectivity index (χ1n) is 9.84. The highest BCUT2D eigenvalue weighted by atomic mass is 35.5. The molecule has 0 radical (unpaired) electrons. The van der Waals surface area contributed by atoms with Crippen LogP contribution in [0.15, 0.2) is 42.9 Å². The minimum absolute atomic E-state index is 0.0746. The first kappa shape index (κ1) is 26.2. The molecule has 11 nitrogen and oxygen atoms in total. The summed E-state index contributed by atoms with van der Waals surface area (Å²) in [7, 11) is -3.39. The van der Waals surface area contributed by atoms with Crippen LogP contribution in [0.1, 0.15) is 28.8 Å². The van der Waals surface area contributed by atoms with Crippen LogP contribution in [0, 0.1) is 0 Å². The number of pyridine rings is 2. The van der Waals surface area contributed by atoms with Gasteiger partial charge in [0.05, 0.1) is 11.3 Å². The zero-order valence-corrected chi connectivity index (χ0v) is 19.1. The molecule has 2 aromatic heterocycles. The van der Waals surface area contributed by atoms with Crippen molar-refractivity contribution < 1.29 is 33.0 Å². The fourth-order valence-corrected chi connectivity index (χ4v) is 4.72. The van der Waals surface area contributed by atoms with Crippen molar-refractivity contribution >= 4 is 39.5 Å². The SMILES string of the molecule is O=C(O)C(=O)O.O=C(c1cccnc1Cl)N(CCS(=O)(=O)N1CCCC1)Cc1ccncc1. The maximum absolute atomic E-state index is 13.0. The molecule has 0 spiro atoms. The molecule has 1 aliphatic rings. The Hall–Kier alpha value is -3.09.